The van der Waals surface area contributed by atoms with E-state index in [0.29, 0.717) is 11.0 Å². The summed E-state index contributed by atoms with van der Waals surface area (Å²) in [6, 6.07) is 24.7. The first-order chi connectivity index (χ1) is 18.2. The second-order valence-electron chi connectivity index (χ2n) is 11.2. The van der Waals surface area contributed by atoms with Crippen molar-refractivity contribution < 1.29 is 14.3 Å². The molecule has 0 bridgehead atoms. The number of nitrogens with zero attached hydrogens (tertiary/aromatic N) is 2. The summed E-state index contributed by atoms with van der Waals surface area (Å²) in [7, 11) is -2.65. The first-order valence-electron chi connectivity index (χ1n) is 13.2. The van der Waals surface area contributed by atoms with Crippen molar-refractivity contribution in [3.8, 4) is 0 Å². The largest absolute Gasteiger partial charge is 0.477 e. The molecular weight excluding hydrogens is 492 g/mol. The standard InChI is InChI=1S/C31H34N2O4Si/c1-31(2,3)38(24-11-6-4-7-12-24,25-13-8-5-9-14-25)37-23-18-16-22(17-19-23)33-21-27(30(35)36)28(34)26-15-10-20-32-29(26)33/h4-15,20-23H,16-19H2,1-3H3,(H,35,36). The van der Waals surface area contributed by atoms with Gasteiger partial charge in [0.05, 0.1) is 5.39 Å². The molecule has 0 amide bonds. The summed E-state index contributed by atoms with van der Waals surface area (Å²) in [4.78, 5) is 29.0. The van der Waals surface area contributed by atoms with E-state index in [0.717, 1.165) is 25.7 Å². The van der Waals surface area contributed by atoms with Crippen LogP contribution >= 0.6 is 0 Å². The lowest BCUT2D eigenvalue weighted by Crippen LogP contribution is -2.67. The molecule has 0 unspecified atom stereocenters. The summed E-state index contributed by atoms with van der Waals surface area (Å²) in [5, 5.41) is 12.4. The van der Waals surface area contributed by atoms with Crippen LogP contribution < -0.4 is 15.8 Å². The molecule has 5 rings (SSSR count). The Labute approximate surface area is 224 Å². The Hall–Kier alpha value is -3.55. The molecule has 0 spiro atoms. The average Bonchev–Trinajstić information content (AvgIpc) is 2.92. The first kappa shape index (κ1) is 26.1. The van der Waals surface area contributed by atoms with E-state index in [1.54, 1.807) is 18.3 Å². The molecule has 0 atom stereocenters. The van der Waals surface area contributed by atoms with Crippen LogP contribution in [0.2, 0.25) is 5.04 Å². The van der Waals surface area contributed by atoms with Gasteiger partial charge in [-0.05, 0) is 53.2 Å². The van der Waals surface area contributed by atoms with Crippen molar-refractivity contribution >= 4 is 35.7 Å². The molecule has 2 aromatic heterocycles. The number of carboxylic acids is 1. The van der Waals surface area contributed by atoms with Crippen molar-refractivity contribution in [1.82, 2.24) is 9.55 Å². The third-order valence-electron chi connectivity index (χ3n) is 7.82. The number of aromatic nitrogens is 2. The van der Waals surface area contributed by atoms with Crippen LogP contribution in [0.4, 0.5) is 0 Å². The maximum absolute atomic E-state index is 12.7. The van der Waals surface area contributed by atoms with E-state index in [1.165, 1.54) is 16.6 Å². The molecule has 1 aliphatic carbocycles. The van der Waals surface area contributed by atoms with E-state index in [9.17, 15) is 14.7 Å². The van der Waals surface area contributed by atoms with Crippen molar-refractivity contribution in [3.63, 3.8) is 0 Å². The van der Waals surface area contributed by atoms with Crippen LogP contribution in [0.3, 0.4) is 0 Å². The van der Waals surface area contributed by atoms with Gasteiger partial charge >= 0.3 is 5.97 Å². The van der Waals surface area contributed by atoms with Gasteiger partial charge in [0.25, 0.3) is 8.32 Å². The number of hydrogen-bond acceptors (Lipinski definition) is 4. The lowest BCUT2D eigenvalue weighted by atomic mass is 9.92. The van der Waals surface area contributed by atoms with Crippen LogP contribution in [0.5, 0.6) is 0 Å². The molecule has 1 saturated carbocycles. The van der Waals surface area contributed by atoms with Gasteiger partial charge in [0.15, 0.2) is 0 Å². The summed E-state index contributed by atoms with van der Waals surface area (Å²) in [5.41, 5.74) is -0.157. The number of pyridine rings is 2. The SMILES string of the molecule is CC(C)(C)[Si](OC1CCC(n2cc(C(=O)O)c(=O)c3cccnc32)CC1)(c1ccccc1)c1ccccc1. The first-order valence-corrected chi connectivity index (χ1v) is 15.2. The van der Waals surface area contributed by atoms with Crippen molar-refractivity contribution in [2.45, 2.75) is 63.6 Å². The molecule has 196 valence electrons. The van der Waals surface area contributed by atoms with E-state index in [2.05, 4.69) is 86.4 Å². The number of hydrogen-bond donors (Lipinski definition) is 1. The van der Waals surface area contributed by atoms with Gasteiger partial charge < -0.3 is 14.1 Å². The second kappa shape index (κ2) is 10.3. The Bertz CT molecular complexity index is 1450. The smallest absolute Gasteiger partial charge is 0.341 e. The summed E-state index contributed by atoms with van der Waals surface area (Å²) in [6.07, 6.45) is 6.53. The van der Waals surface area contributed by atoms with Crippen LogP contribution in [0.1, 0.15) is 62.9 Å². The summed E-state index contributed by atoms with van der Waals surface area (Å²) in [5.74, 6) is -1.21. The molecule has 4 aromatic rings. The molecule has 2 aromatic carbocycles. The van der Waals surface area contributed by atoms with Crippen LogP contribution in [-0.4, -0.2) is 35.0 Å². The van der Waals surface area contributed by atoms with Gasteiger partial charge in [-0.1, -0.05) is 81.4 Å². The zero-order valence-corrected chi connectivity index (χ0v) is 23.1. The Morgan fingerprint density at radius 1 is 0.921 bits per heavy atom. The molecule has 0 saturated heterocycles. The molecule has 6 nitrogen and oxygen atoms in total. The van der Waals surface area contributed by atoms with Crippen molar-refractivity contribution in [3.05, 3.63) is 101 Å². The lowest BCUT2D eigenvalue weighted by molar-refractivity contribution is 0.0694. The minimum atomic E-state index is -2.65. The van der Waals surface area contributed by atoms with E-state index in [1.807, 2.05) is 4.57 Å². The Kier molecular flexibility index (Phi) is 7.07. The van der Waals surface area contributed by atoms with E-state index >= 15 is 0 Å². The fourth-order valence-electron chi connectivity index (χ4n) is 6.00. The average molecular weight is 527 g/mol. The van der Waals surface area contributed by atoms with Crippen LogP contribution in [0, 0.1) is 0 Å². The third kappa shape index (κ3) is 4.61. The highest BCUT2D eigenvalue weighted by Gasteiger charge is 2.51. The van der Waals surface area contributed by atoms with Gasteiger partial charge in [0.1, 0.15) is 11.2 Å². The number of carboxylic acid groups (broad SMARTS) is 1. The fourth-order valence-corrected chi connectivity index (χ4v) is 10.7. The minimum Gasteiger partial charge on any atom is -0.477 e. The molecule has 1 N–H and O–H groups in total. The molecule has 2 heterocycles. The number of carbonyl (C=O) groups is 1. The van der Waals surface area contributed by atoms with E-state index < -0.39 is 19.7 Å². The van der Waals surface area contributed by atoms with Crippen LogP contribution in [-0.2, 0) is 4.43 Å². The normalized spacial score (nSPS) is 18.4. The number of aromatic carboxylic acids is 1. The molecule has 1 fully saturated rings. The van der Waals surface area contributed by atoms with Crippen molar-refractivity contribution in [1.29, 1.82) is 0 Å². The van der Waals surface area contributed by atoms with Crippen molar-refractivity contribution in [2.24, 2.45) is 0 Å². The zero-order chi connectivity index (χ0) is 26.9. The highest BCUT2D eigenvalue weighted by Crippen LogP contribution is 2.40. The molecule has 1 aliphatic rings. The van der Waals surface area contributed by atoms with E-state index in [-0.39, 0.29) is 22.7 Å². The van der Waals surface area contributed by atoms with Gasteiger partial charge in [-0.15, -0.1) is 0 Å². The highest BCUT2D eigenvalue weighted by atomic mass is 28.4. The lowest BCUT2D eigenvalue weighted by Gasteiger charge is -2.46. The van der Waals surface area contributed by atoms with Gasteiger partial charge in [0.2, 0.25) is 5.43 Å². The Morgan fingerprint density at radius 3 is 2.03 bits per heavy atom. The zero-order valence-electron chi connectivity index (χ0n) is 22.1. The molecular formula is C31H34N2O4Si. The highest BCUT2D eigenvalue weighted by molar-refractivity contribution is 6.99. The monoisotopic (exact) mass is 526 g/mol. The van der Waals surface area contributed by atoms with Gasteiger partial charge in [-0.2, -0.15) is 0 Å². The van der Waals surface area contributed by atoms with Gasteiger partial charge in [-0.25, -0.2) is 9.78 Å². The molecule has 38 heavy (non-hydrogen) atoms. The summed E-state index contributed by atoms with van der Waals surface area (Å²) >= 11 is 0. The summed E-state index contributed by atoms with van der Waals surface area (Å²) < 4.78 is 9.24. The van der Waals surface area contributed by atoms with Gasteiger partial charge in [-0.3, -0.25) is 4.79 Å². The molecule has 7 heteroatoms. The molecule has 0 radical (unpaired) electrons. The van der Waals surface area contributed by atoms with Crippen molar-refractivity contribution in [2.75, 3.05) is 0 Å². The Balaban J connectivity index is 1.48. The second-order valence-corrected chi connectivity index (χ2v) is 15.4. The number of benzene rings is 2. The van der Waals surface area contributed by atoms with Gasteiger partial charge in [0, 0.05) is 24.5 Å². The topological polar surface area (TPSA) is 81.4 Å². The minimum absolute atomic E-state index is 0.0464. The number of rotatable bonds is 6. The molecule has 0 aliphatic heterocycles. The maximum Gasteiger partial charge on any atom is 0.341 e. The predicted octanol–water partition coefficient (Wildman–Crippen LogP) is 5.16. The predicted molar refractivity (Wildman–Crippen MR) is 153 cm³/mol. The van der Waals surface area contributed by atoms with E-state index in [4.69, 9.17) is 4.43 Å². The Morgan fingerprint density at radius 2 is 1.50 bits per heavy atom. The number of fused-ring (bicyclic) bond motifs is 1. The maximum atomic E-state index is 12.7. The van der Waals surface area contributed by atoms with Crippen LogP contribution in [0.25, 0.3) is 11.0 Å². The fraction of sp³-hybridized carbons (Fsp3) is 0.323. The quantitative estimate of drug-likeness (QED) is 0.351. The van der Waals surface area contributed by atoms with Crippen LogP contribution in [0.15, 0.2) is 90.0 Å². The summed E-state index contributed by atoms with van der Waals surface area (Å²) in [6.45, 7) is 6.86. The third-order valence-corrected chi connectivity index (χ3v) is 12.9.